The smallest absolute Gasteiger partial charge is 0.269 e. The van der Waals surface area contributed by atoms with E-state index in [0.717, 1.165) is 12.1 Å². The SMILES string of the molecule is O=C(COc1ccc(F)cc1Cl)Nc1ccc([N+](=O)[O-])cc1. The molecule has 0 atom stereocenters. The van der Waals surface area contributed by atoms with Crippen LogP contribution in [0.4, 0.5) is 15.8 Å². The lowest BCUT2D eigenvalue weighted by Crippen LogP contribution is -2.20. The molecule has 0 aliphatic rings. The minimum Gasteiger partial charge on any atom is -0.482 e. The topological polar surface area (TPSA) is 81.5 Å². The molecular weight excluding hydrogens is 315 g/mol. The van der Waals surface area contributed by atoms with E-state index in [9.17, 15) is 19.3 Å². The third-order valence-electron chi connectivity index (χ3n) is 2.61. The van der Waals surface area contributed by atoms with Gasteiger partial charge in [-0.2, -0.15) is 0 Å². The largest absolute Gasteiger partial charge is 0.482 e. The van der Waals surface area contributed by atoms with Crippen molar-refractivity contribution in [3.8, 4) is 5.75 Å². The molecule has 0 saturated carbocycles. The maximum atomic E-state index is 12.9. The molecule has 0 heterocycles. The van der Waals surface area contributed by atoms with Crippen LogP contribution in [0.5, 0.6) is 5.75 Å². The summed E-state index contributed by atoms with van der Waals surface area (Å²) in [7, 11) is 0. The van der Waals surface area contributed by atoms with Crippen molar-refractivity contribution in [2.75, 3.05) is 11.9 Å². The quantitative estimate of drug-likeness (QED) is 0.675. The van der Waals surface area contributed by atoms with E-state index in [1.54, 1.807) is 0 Å². The Morgan fingerprint density at radius 3 is 2.55 bits per heavy atom. The molecule has 114 valence electrons. The van der Waals surface area contributed by atoms with E-state index in [1.165, 1.54) is 30.3 Å². The Balaban J connectivity index is 1.91. The van der Waals surface area contributed by atoms with Crippen molar-refractivity contribution < 1.29 is 18.8 Å². The summed E-state index contributed by atoms with van der Waals surface area (Å²) in [5, 5.41) is 13.1. The van der Waals surface area contributed by atoms with Crippen molar-refractivity contribution in [1.29, 1.82) is 0 Å². The highest BCUT2D eigenvalue weighted by molar-refractivity contribution is 6.32. The Labute approximate surface area is 129 Å². The number of non-ortho nitro benzene ring substituents is 1. The molecule has 0 bridgehead atoms. The molecule has 6 nitrogen and oxygen atoms in total. The van der Waals surface area contributed by atoms with E-state index in [1.807, 2.05) is 0 Å². The molecular formula is C14H10ClFN2O4. The Morgan fingerprint density at radius 1 is 1.27 bits per heavy atom. The van der Waals surface area contributed by atoms with Gasteiger partial charge in [0.25, 0.3) is 11.6 Å². The molecule has 22 heavy (non-hydrogen) atoms. The summed E-state index contributed by atoms with van der Waals surface area (Å²) in [5.74, 6) is -0.802. The maximum Gasteiger partial charge on any atom is 0.269 e. The van der Waals surface area contributed by atoms with E-state index in [2.05, 4.69) is 5.32 Å². The van der Waals surface area contributed by atoms with Gasteiger partial charge in [0.05, 0.1) is 9.95 Å². The Hall–Kier alpha value is -2.67. The van der Waals surface area contributed by atoms with Crippen LogP contribution >= 0.6 is 11.6 Å². The molecule has 1 N–H and O–H groups in total. The Morgan fingerprint density at radius 2 is 1.95 bits per heavy atom. The number of nitro benzene ring substituents is 1. The summed E-state index contributed by atoms with van der Waals surface area (Å²) in [4.78, 5) is 21.7. The van der Waals surface area contributed by atoms with Crippen molar-refractivity contribution in [3.63, 3.8) is 0 Å². The lowest BCUT2D eigenvalue weighted by Gasteiger charge is -2.08. The van der Waals surface area contributed by atoms with Gasteiger partial charge in [0.1, 0.15) is 11.6 Å². The lowest BCUT2D eigenvalue weighted by atomic mass is 10.3. The first-order chi connectivity index (χ1) is 10.5. The Bertz CT molecular complexity index is 706. The molecule has 2 aromatic rings. The molecule has 0 aromatic heterocycles. The van der Waals surface area contributed by atoms with Crippen LogP contribution in [0.15, 0.2) is 42.5 Å². The summed E-state index contributed by atoms with van der Waals surface area (Å²) < 4.78 is 18.0. The number of hydrogen-bond donors (Lipinski definition) is 1. The minimum atomic E-state index is -0.536. The summed E-state index contributed by atoms with van der Waals surface area (Å²) in [5.41, 5.74) is 0.316. The second kappa shape index (κ2) is 6.86. The fraction of sp³-hybridized carbons (Fsp3) is 0.0714. The zero-order chi connectivity index (χ0) is 16.1. The van der Waals surface area contributed by atoms with Crippen LogP contribution in [0, 0.1) is 15.9 Å². The number of rotatable bonds is 5. The van der Waals surface area contributed by atoms with Gasteiger partial charge in [0.15, 0.2) is 6.61 Å². The van der Waals surface area contributed by atoms with Crippen molar-refractivity contribution in [2.24, 2.45) is 0 Å². The zero-order valence-electron chi connectivity index (χ0n) is 11.1. The molecule has 8 heteroatoms. The second-order valence-electron chi connectivity index (χ2n) is 4.22. The fourth-order valence-corrected chi connectivity index (χ4v) is 1.82. The van der Waals surface area contributed by atoms with Crippen LogP contribution in [-0.2, 0) is 4.79 Å². The van der Waals surface area contributed by atoms with Crippen LogP contribution in [-0.4, -0.2) is 17.4 Å². The summed E-state index contributed by atoms with van der Waals surface area (Å²) >= 11 is 5.76. The highest BCUT2D eigenvalue weighted by Gasteiger charge is 2.09. The van der Waals surface area contributed by atoms with Crippen LogP contribution in [0.25, 0.3) is 0 Å². The van der Waals surface area contributed by atoms with E-state index in [0.29, 0.717) is 5.69 Å². The van der Waals surface area contributed by atoms with Gasteiger partial charge in [-0.3, -0.25) is 14.9 Å². The highest BCUT2D eigenvalue weighted by Crippen LogP contribution is 2.24. The van der Waals surface area contributed by atoms with Crippen LogP contribution < -0.4 is 10.1 Å². The van der Waals surface area contributed by atoms with Gasteiger partial charge >= 0.3 is 0 Å². The van der Waals surface area contributed by atoms with E-state index >= 15 is 0 Å². The first-order valence-electron chi connectivity index (χ1n) is 6.08. The molecule has 2 rings (SSSR count). The number of carbonyl (C=O) groups excluding carboxylic acids is 1. The van der Waals surface area contributed by atoms with E-state index in [4.69, 9.17) is 16.3 Å². The van der Waals surface area contributed by atoms with Crippen molar-refractivity contribution in [2.45, 2.75) is 0 Å². The van der Waals surface area contributed by atoms with Gasteiger partial charge in [-0.05, 0) is 30.3 Å². The van der Waals surface area contributed by atoms with E-state index in [-0.39, 0.29) is 23.1 Å². The number of benzene rings is 2. The van der Waals surface area contributed by atoms with Crippen LogP contribution in [0.3, 0.4) is 0 Å². The number of nitro groups is 1. The molecule has 1 amide bonds. The number of amides is 1. The molecule has 2 aromatic carbocycles. The van der Waals surface area contributed by atoms with Crippen molar-refractivity contribution >= 4 is 28.9 Å². The van der Waals surface area contributed by atoms with E-state index < -0.39 is 16.6 Å². The summed E-state index contributed by atoms with van der Waals surface area (Å²) in [6, 6.07) is 8.90. The van der Waals surface area contributed by atoms with Crippen molar-refractivity contribution in [1.82, 2.24) is 0 Å². The molecule has 0 radical (unpaired) electrons. The second-order valence-corrected chi connectivity index (χ2v) is 4.62. The monoisotopic (exact) mass is 324 g/mol. The number of halogens is 2. The number of nitrogens with zero attached hydrogens (tertiary/aromatic N) is 1. The normalized spacial score (nSPS) is 10.1. The third-order valence-corrected chi connectivity index (χ3v) is 2.91. The third kappa shape index (κ3) is 4.16. The number of ether oxygens (including phenoxy) is 1. The maximum absolute atomic E-state index is 12.9. The molecule has 0 fully saturated rings. The number of nitrogens with one attached hydrogen (secondary N) is 1. The molecule has 0 saturated heterocycles. The van der Waals surface area contributed by atoms with Gasteiger partial charge in [0, 0.05) is 17.8 Å². The number of anilines is 1. The molecule has 0 unspecified atom stereocenters. The van der Waals surface area contributed by atoms with Gasteiger partial charge in [0.2, 0.25) is 0 Å². The predicted octanol–water partition coefficient (Wildman–Crippen LogP) is 3.40. The average molecular weight is 325 g/mol. The van der Waals surface area contributed by atoms with Gasteiger partial charge < -0.3 is 10.1 Å². The molecule has 0 aliphatic carbocycles. The highest BCUT2D eigenvalue weighted by atomic mass is 35.5. The van der Waals surface area contributed by atoms with Crippen LogP contribution in [0.2, 0.25) is 5.02 Å². The van der Waals surface area contributed by atoms with Gasteiger partial charge in [-0.1, -0.05) is 11.6 Å². The van der Waals surface area contributed by atoms with Gasteiger partial charge in [-0.15, -0.1) is 0 Å². The summed E-state index contributed by atoms with van der Waals surface area (Å²) in [6.45, 7) is -0.331. The minimum absolute atomic E-state index is 0.0585. The molecule has 0 aliphatic heterocycles. The lowest BCUT2D eigenvalue weighted by molar-refractivity contribution is -0.384. The van der Waals surface area contributed by atoms with Gasteiger partial charge in [-0.25, -0.2) is 4.39 Å². The predicted molar refractivity (Wildman–Crippen MR) is 78.6 cm³/mol. The van der Waals surface area contributed by atoms with Crippen molar-refractivity contribution in [3.05, 3.63) is 63.4 Å². The first kappa shape index (κ1) is 15.7. The number of carbonyl (C=O) groups is 1. The Kier molecular flexibility index (Phi) is 4.90. The number of hydrogen-bond acceptors (Lipinski definition) is 4. The molecule has 0 spiro atoms. The van der Waals surface area contributed by atoms with Crippen LogP contribution in [0.1, 0.15) is 0 Å². The first-order valence-corrected chi connectivity index (χ1v) is 6.45. The summed E-state index contributed by atoms with van der Waals surface area (Å²) in [6.07, 6.45) is 0. The standard InChI is InChI=1S/C14H10ClFN2O4/c15-12-7-9(16)1-6-13(12)22-8-14(19)17-10-2-4-11(5-3-10)18(20)21/h1-7H,8H2,(H,17,19). The zero-order valence-corrected chi connectivity index (χ0v) is 11.8. The average Bonchev–Trinajstić information content (AvgIpc) is 2.47. The fourth-order valence-electron chi connectivity index (χ4n) is 1.60.